The maximum Gasteiger partial charge on any atom is 0.168 e. The summed E-state index contributed by atoms with van der Waals surface area (Å²) in [5.74, 6) is 0.767. The number of carbonyl (C=O) groups is 1. The molecule has 1 aromatic carbocycles. The van der Waals surface area contributed by atoms with Gasteiger partial charge in [0.2, 0.25) is 0 Å². The molecule has 3 aromatic rings. The Balaban J connectivity index is 2.27. The van der Waals surface area contributed by atoms with E-state index in [0.717, 1.165) is 29.0 Å². The lowest BCUT2D eigenvalue weighted by molar-refractivity contribution is -0.107. The molecule has 3 rings (SSSR count). The molecule has 0 fully saturated rings. The van der Waals surface area contributed by atoms with Gasteiger partial charge in [-0.1, -0.05) is 36.4 Å². The minimum atomic E-state index is 0.356. The fourth-order valence-corrected chi connectivity index (χ4v) is 2.03. The van der Waals surface area contributed by atoms with Gasteiger partial charge in [-0.3, -0.25) is 4.40 Å². The van der Waals surface area contributed by atoms with E-state index >= 15 is 0 Å². The highest BCUT2D eigenvalue weighted by Gasteiger charge is 2.10. The van der Waals surface area contributed by atoms with E-state index in [1.54, 1.807) is 0 Å². The van der Waals surface area contributed by atoms with Crippen LogP contribution in [0.15, 0.2) is 48.5 Å². The number of benzene rings is 1. The van der Waals surface area contributed by atoms with Gasteiger partial charge in [-0.2, -0.15) is 0 Å². The molecule has 4 nitrogen and oxygen atoms in total. The van der Waals surface area contributed by atoms with E-state index in [1.807, 2.05) is 52.9 Å². The number of nitrogens with zero attached hydrogens (tertiary/aromatic N) is 3. The van der Waals surface area contributed by atoms with Crippen LogP contribution in [0.5, 0.6) is 0 Å². The van der Waals surface area contributed by atoms with E-state index < -0.39 is 0 Å². The first-order valence-corrected chi connectivity index (χ1v) is 5.72. The molecular formula is C14H11N3O. The maximum atomic E-state index is 10.7. The second kappa shape index (κ2) is 4.41. The summed E-state index contributed by atoms with van der Waals surface area (Å²) in [5.41, 5.74) is 2.64. The first kappa shape index (κ1) is 10.7. The number of hydrogen-bond acceptors (Lipinski definition) is 3. The van der Waals surface area contributed by atoms with Gasteiger partial charge in [0.25, 0.3) is 0 Å². The van der Waals surface area contributed by atoms with Gasteiger partial charge in [0.05, 0.1) is 0 Å². The second-order valence-electron chi connectivity index (χ2n) is 3.97. The number of aromatic nitrogens is 3. The summed E-state index contributed by atoms with van der Waals surface area (Å²) in [5, 5.41) is 8.34. The number of aldehydes is 1. The molecule has 88 valence electrons. The number of hydrogen-bond donors (Lipinski definition) is 0. The minimum Gasteiger partial charge on any atom is -0.303 e. The highest BCUT2D eigenvalue weighted by Crippen LogP contribution is 2.19. The van der Waals surface area contributed by atoms with Crippen LogP contribution in [0.2, 0.25) is 0 Å². The summed E-state index contributed by atoms with van der Waals surface area (Å²) < 4.78 is 1.92. The Kier molecular flexibility index (Phi) is 2.61. The van der Waals surface area contributed by atoms with Crippen molar-refractivity contribution < 1.29 is 4.79 Å². The number of fused-ring (bicyclic) bond motifs is 1. The molecule has 0 N–H and O–H groups in total. The molecule has 0 amide bonds. The van der Waals surface area contributed by atoms with Gasteiger partial charge in [0.1, 0.15) is 6.29 Å². The first-order valence-electron chi connectivity index (χ1n) is 5.72. The maximum absolute atomic E-state index is 10.7. The van der Waals surface area contributed by atoms with Crippen molar-refractivity contribution >= 4 is 11.9 Å². The van der Waals surface area contributed by atoms with Crippen LogP contribution in [0.1, 0.15) is 5.69 Å². The highest BCUT2D eigenvalue weighted by molar-refractivity contribution is 5.62. The van der Waals surface area contributed by atoms with Crippen molar-refractivity contribution in [2.24, 2.45) is 0 Å². The quantitative estimate of drug-likeness (QED) is 0.656. The van der Waals surface area contributed by atoms with Gasteiger partial charge < -0.3 is 4.79 Å². The monoisotopic (exact) mass is 237 g/mol. The Hall–Kier alpha value is -2.49. The number of rotatable bonds is 3. The van der Waals surface area contributed by atoms with Gasteiger partial charge in [0.15, 0.2) is 11.5 Å². The molecule has 0 aliphatic carbocycles. The molecule has 0 radical (unpaired) electrons. The fraction of sp³-hybridized carbons (Fsp3) is 0.0714. The topological polar surface area (TPSA) is 47.3 Å². The predicted octanol–water partition coefficient (Wildman–Crippen LogP) is 2.14. The molecule has 0 unspecified atom stereocenters. The summed E-state index contributed by atoms with van der Waals surface area (Å²) in [7, 11) is 0. The number of carbonyl (C=O) groups excluding carboxylic acids is 1. The van der Waals surface area contributed by atoms with Gasteiger partial charge >= 0.3 is 0 Å². The third kappa shape index (κ3) is 1.68. The van der Waals surface area contributed by atoms with E-state index in [4.69, 9.17) is 0 Å². The van der Waals surface area contributed by atoms with E-state index in [-0.39, 0.29) is 0 Å². The van der Waals surface area contributed by atoms with Crippen LogP contribution in [-0.2, 0) is 11.2 Å². The zero-order chi connectivity index (χ0) is 12.4. The Morgan fingerprint density at radius 1 is 1.00 bits per heavy atom. The molecule has 4 heteroatoms. The van der Waals surface area contributed by atoms with Gasteiger partial charge in [-0.15, -0.1) is 10.2 Å². The summed E-state index contributed by atoms with van der Waals surface area (Å²) >= 11 is 0. The molecule has 0 aliphatic heterocycles. The smallest absolute Gasteiger partial charge is 0.168 e. The van der Waals surface area contributed by atoms with E-state index in [0.29, 0.717) is 6.42 Å². The van der Waals surface area contributed by atoms with Crippen molar-refractivity contribution in [2.75, 3.05) is 0 Å². The largest absolute Gasteiger partial charge is 0.303 e. The highest BCUT2D eigenvalue weighted by atomic mass is 16.1. The predicted molar refractivity (Wildman–Crippen MR) is 68.2 cm³/mol. The van der Waals surface area contributed by atoms with Crippen molar-refractivity contribution in [3.05, 3.63) is 54.2 Å². The summed E-state index contributed by atoms with van der Waals surface area (Å²) in [6, 6.07) is 15.5. The molecule has 0 atom stereocenters. The zero-order valence-electron chi connectivity index (χ0n) is 9.65. The Bertz CT molecular complexity index is 689. The van der Waals surface area contributed by atoms with Crippen molar-refractivity contribution in [1.82, 2.24) is 14.6 Å². The average Bonchev–Trinajstić information content (AvgIpc) is 2.85. The van der Waals surface area contributed by atoms with Crippen LogP contribution >= 0.6 is 0 Å². The summed E-state index contributed by atoms with van der Waals surface area (Å²) in [4.78, 5) is 10.7. The Morgan fingerprint density at radius 2 is 1.83 bits per heavy atom. The molecular weight excluding hydrogens is 226 g/mol. The molecule has 0 spiro atoms. The van der Waals surface area contributed by atoms with Crippen LogP contribution < -0.4 is 0 Å². The lowest BCUT2D eigenvalue weighted by Gasteiger charge is -2.04. The van der Waals surface area contributed by atoms with Crippen molar-refractivity contribution in [3.8, 4) is 11.4 Å². The van der Waals surface area contributed by atoms with Gasteiger partial charge in [0, 0.05) is 17.7 Å². The van der Waals surface area contributed by atoms with Gasteiger partial charge in [-0.05, 0) is 12.1 Å². The van der Waals surface area contributed by atoms with Gasteiger partial charge in [-0.25, -0.2) is 0 Å². The van der Waals surface area contributed by atoms with Crippen LogP contribution in [0.25, 0.3) is 17.0 Å². The molecule has 2 heterocycles. The molecule has 0 saturated carbocycles. The van der Waals surface area contributed by atoms with Crippen LogP contribution in [0, 0.1) is 0 Å². The fourth-order valence-electron chi connectivity index (χ4n) is 2.03. The summed E-state index contributed by atoms with van der Waals surface area (Å²) in [6.07, 6.45) is 1.25. The zero-order valence-corrected chi connectivity index (χ0v) is 9.65. The standard InChI is InChI=1S/C14H11N3O/c18-10-9-12-7-4-8-13-15-16-14(17(12)13)11-5-2-1-3-6-11/h1-8,10H,9H2. The third-order valence-corrected chi connectivity index (χ3v) is 2.83. The SMILES string of the molecule is O=CCc1cccc2nnc(-c3ccccc3)n12. The number of pyridine rings is 1. The molecule has 0 bridgehead atoms. The van der Waals surface area contributed by atoms with Crippen molar-refractivity contribution in [3.63, 3.8) is 0 Å². The second-order valence-corrected chi connectivity index (χ2v) is 3.97. The third-order valence-electron chi connectivity index (χ3n) is 2.83. The minimum absolute atomic E-state index is 0.356. The lowest BCUT2D eigenvalue weighted by Crippen LogP contribution is -1.99. The molecule has 0 aliphatic rings. The molecule has 2 aromatic heterocycles. The lowest BCUT2D eigenvalue weighted by atomic mass is 10.2. The van der Waals surface area contributed by atoms with Crippen molar-refractivity contribution in [1.29, 1.82) is 0 Å². The Labute approximate surface area is 104 Å². The van der Waals surface area contributed by atoms with E-state index in [1.165, 1.54) is 0 Å². The van der Waals surface area contributed by atoms with Crippen LogP contribution in [0.4, 0.5) is 0 Å². The van der Waals surface area contributed by atoms with Crippen LogP contribution in [0.3, 0.4) is 0 Å². The van der Waals surface area contributed by atoms with Crippen molar-refractivity contribution in [2.45, 2.75) is 6.42 Å². The summed E-state index contributed by atoms with van der Waals surface area (Å²) in [6.45, 7) is 0. The normalized spacial score (nSPS) is 10.7. The molecule has 0 saturated heterocycles. The first-order chi connectivity index (χ1) is 8.90. The van der Waals surface area contributed by atoms with E-state index in [2.05, 4.69) is 10.2 Å². The Morgan fingerprint density at radius 3 is 2.61 bits per heavy atom. The molecule has 18 heavy (non-hydrogen) atoms. The van der Waals surface area contributed by atoms with Crippen LogP contribution in [-0.4, -0.2) is 20.9 Å². The van der Waals surface area contributed by atoms with E-state index in [9.17, 15) is 4.79 Å². The average molecular weight is 237 g/mol.